The molecular formula is C13H16ClN3O. The van der Waals surface area contributed by atoms with Crippen LogP contribution in [0.3, 0.4) is 0 Å². The Hall–Kier alpha value is -1.39. The van der Waals surface area contributed by atoms with Gasteiger partial charge in [-0.1, -0.05) is 12.2 Å². The molecule has 1 aromatic rings. The van der Waals surface area contributed by atoms with Gasteiger partial charge in [0, 0.05) is 24.3 Å². The third-order valence-electron chi connectivity index (χ3n) is 3.65. The lowest BCUT2D eigenvalue weighted by atomic mass is 9.80. The van der Waals surface area contributed by atoms with E-state index in [2.05, 4.69) is 21.7 Å². The maximum atomic E-state index is 12.2. The second kappa shape index (κ2) is 4.37. The summed E-state index contributed by atoms with van der Waals surface area (Å²) in [7, 11) is 0. The normalized spacial score (nSPS) is 24.7. The number of nitrogens with one attached hydrogen (secondary N) is 2. The lowest BCUT2D eigenvalue weighted by molar-refractivity contribution is -0.119. The van der Waals surface area contributed by atoms with Crippen LogP contribution in [0.4, 0.5) is 5.82 Å². The first kappa shape index (κ1) is 13.1. The number of aromatic nitrogens is 1. The summed E-state index contributed by atoms with van der Waals surface area (Å²) >= 11 is 0. The molecule has 1 aromatic heterocycles. The van der Waals surface area contributed by atoms with Gasteiger partial charge in [-0.15, -0.1) is 12.4 Å². The summed E-state index contributed by atoms with van der Waals surface area (Å²) in [4.78, 5) is 16.6. The summed E-state index contributed by atoms with van der Waals surface area (Å²) in [6.07, 6.45) is 4.01. The maximum Gasteiger partial charge on any atom is 0.241 e. The standard InChI is InChI=1S/C13H15N3O.ClH/c1-8-6-10-11(15-9(8)2)16-12(17)13(10)4-3-5-14-7-13;/h3-4,6,14H,5,7H2,1-2H3,(H,15,16,17);1H/t13-;/m1./s1. The zero-order valence-electron chi connectivity index (χ0n) is 10.4. The van der Waals surface area contributed by atoms with Gasteiger partial charge in [-0.2, -0.15) is 0 Å². The highest BCUT2D eigenvalue weighted by atomic mass is 35.5. The van der Waals surface area contributed by atoms with E-state index in [1.807, 2.05) is 26.0 Å². The number of nitrogens with zero attached hydrogens (tertiary/aromatic N) is 1. The van der Waals surface area contributed by atoms with Crippen LogP contribution in [-0.2, 0) is 10.2 Å². The molecule has 0 saturated carbocycles. The number of aryl methyl sites for hydroxylation is 2. The van der Waals surface area contributed by atoms with Crippen LogP contribution in [0.15, 0.2) is 18.2 Å². The van der Waals surface area contributed by atoms with E-state index < -0.39 is 5.41 Å². The van der Waals surface area contributed by atoms with Gasteiger partial charge in [-0.3, -0.25) is 4.79 Å². The Morgan fingerprint density at radius 1 is 1.39 bits per heavy atom. The number of anilines is 1. The number of amides is 1. The molecule has 0 saturated heterocycles. The summed E-state index contributed by atoms with van der Waals surface area (Å²) < 4.78 is 0. The zero-order chi connectivity index (χ0) is 12.0. The molecule has 2 aliphatic heterocycles. The van der Waals surface area contributed by atoms with Crippen LogP contribution >= 0.6 is 12.4 Å². The molecule has 3 rings (SSSR count). The van der Waals surface area contributed by atoms with Crippen molar-refractivity contribution in [3.63, 3.8) is 0 Å². The molecule has 96 valence electrons. The van der Waals surface area contributed by atoms with Crippen molar-refractivity contribution in [2.24, 2.45) is 0 Å². The number of pyridine rings is 1. The van der Waals surface area contributed by atoms with Crippen molar-refractivity contribution in [2.45, 2.75) is 19.3 Å². The molecular weight excluding hydrogens is 250 g/mol. The number of hydrogen-bond donors (Lipinski definition) is 2. The molecule has 5 heteroatoms. The first-order valence-electron chi connectivity index (χ1n) is 5.82. The Labute approximate surface area is 112 Å². The molecule has 1 spiro atoms. The Bertz CT molecular complexity index is 541. The van der Waals surface area contributed by atoms with E-state index in [1.54, 1.807) is 0 Å². The lowest BCUT2D eigenvalue weighted by Gasteiger charge is -2.27. The van der Waals surface area contributed by atoms with Crippen molar-refractivity contribution in [1.29, 1.82) is 0 Å². The van der Waals surface area contributed by atoms with Crippen LogP contribution in [0.1, 0.15) is 16.8 Å². The van der Waals surface area contributed by atoms with Crippen molar-refractivity contribution in [1.82, 2.24) is 10.3 Å². The van der Waals surface area contributed by atoms with E-state index in [0.717, 1.165) is 23.4 Å². The van der Waals surface area contributed by atoms with Gasteiger partial charge in [0.1, 0.15) is 11.2 Å². The van der Waals surface area contributed by atoms with Crippen molar-refractivity contribution >= 4 is 24.1 Å². The SMILES string of the molecule is Cc1cc2c(nc1C)NC(=O)[C@@]21C=CCNC1.Cl. The highest BCUT2D eigenvalue weighted by Gasteiger charge is 2.46. The number of carbonyl (C=O) groups is 1. The average Bonchev–Trinajstić information content (AvgIpc) is 2.56. The Morgan fingerprint density at radius 3 is 2.83 bits per heavy atom. The van der Waals surface area contributed by atoms with E-state index in [9.17, 15) is 4.79 Å². The molecule has 0 unspecified atom stereocenters. The van der Waals surface area contributed by atoms with Crippen LogP contribution in [0.2, 0.25) is 0 Å². The minimum absolute atomic E-state index is 0. The largest absolute Gasteiger partial charge is 0.312 e. The fourth-order valence-electron chi connectivity index (χ4n) is 2.49. The molecule has 4 nitrogen and oxygen atoms in total. The fourth-order valence-corrected chi connectivity index (χ4v) is 2.49. The Kier molecular flexibility index (Phi) is 3.17. The van der Waals surface area contributed by atoms with E-state index in [4.69, 9.17) is 0 Å². The van der Waals surface area contributed by atoms with E-state index >= 15 is 0 Å². The first-order chi connectivity index (χ1) is 8.13. The Balaban J connectivity index is 0.00000120. The van der Waals surface area contributed by atoms with Crippen molar-refractivity contribution < 1.29 is 4.79 Å². The second-order valence-corrected chi connectivity index (χ2v) is 4.75. The molecule has 2 aliphatic rings. The quantitative estimate of drug-likeness (QED) is 0.699. The number of rotatable bonds is 0. The van der Waals surface area contributed by atoms with Gasteiger partial charge in [0.15, 0.2) is 0 Å². The van der Waals surface area contributed by atoms with Gasteiger partial charge in [0.2, 0.25) is 5.91 Å². The predicted molar refractivity (Wildman–Crippen MR) is 73.3 cm³/mol. The van der Waals surface area contributed by atoms with Gasteiger partial charge in [-0.25, -0.2) is 4.98 Å². The van der Waals surface area contributed by atoms with Gasteiger partial charge < -0.3 is 10.6 Å². The van der Waals surface area contributed by atoms with Crippen molar-refractivity contribution in [2.75, 3.05) is 18.4 Å². The van der Waals surface area contributed by atoms with E-state index in [0.29, 0.717) is 12.4 Å². The van der Waals surface area contributed by atoms with Gasteiger partial charge in [-0.05, 0) is 25.5 Å². The number of halogens is 1. The predicted octanol–water partition coefficient (Wildman–Crippen LogP) is 1.47. The third-order valence-corrected chi connectivity index (χ3v) is 3.65. The van der Waals surface area contributed by atoms with Crippen molar-refractivity contribution in [3.05, 3.63) is 35.0 Å². The zero-order valence-corrected chi connectivity index (χ0v) is 11.2. The van der Waals surface area contributed by atoms with Gasteiger partial charge >= 0.3 is 0 Å². The smallest absolute Gasteiger partial charge is 0.241 e. The summed E-state index contributed by atoms with van der Waals surface area (Å²) in [5.74, 6) is 0.736. The highest BCUT2D eigenvalue weighted by molar-refractivity contribution is 6.07. The van der Waals surface area contributed by atoms with E-state index in [1.165, 1.54) is 0 Å². The van der Waals surface area contributed by atoms with E-state index in [-0.39, 0.29) is 18.3 Å². The highest BCUT2D eigenvalue weighted by Crippen LogP contribution is 2.39. The van der Waals surface area contributed by atoms with Crippen LogP contribution < -0.4 is 10.6 Å². The molecule has 0 aromatic carbocycles. The monoisotopic (exact) mass is 265 g/mol. The molecule has 1 amide bonds. The first-order valence-corrected chi connectivity index (χ1v) is 5.82. The summed E-state index contributed by atoms with van der Waals surface area (Å²) in [5.41, 5.74) is 2.53. The summed E-state index contributed by atoms with van der Waals surface area (Å²) in [6, 6.07) is 2.08. The molecule has 0 bridgehead atoms. The number of fused-ring (bicyclic) bond motifs is 2. The molecule has 0 aliphatic carbocycles. The van der Waals surface area contributed by atoms with Crippen LogP contribution in [0.5, 0.6) is 0 Å². The van der Waals surface area contributed by atoms with Crippen LogP contribution in [0, 0.1) is 13.8 Å². The van der Waals surface area contributed by atoms with Gasteiger partial charge in [0.05, 0.1) is 0 Å². The molecule has 1 atom stereocenters. The molecule has 3 heterocycles. The minimum Gasteiger partial charge on any atom is -0.312 e. The molecule has 2 N–H and O–H groups in total. The minimum atomic E-state index is -0.557. The summed E-state index contributed by atoms with van der Waals surface area (Å²) in [6.45, 7) is 5.45. The van der Waals surface area contributed by atoms with Crippen LogP contribution in [0.25, 0.3) is 0 Å². The van der Waals surface area contributed by atoms with Crippen molar-refractivity contribution in [3.8, 4) is 0 Å². The summed E-state index contributed by atoms with van der Waals surface area (Å²) in [5, 5.41) is 6.13. The Morgan fingerprint density at radius 2 is 2.17 bits per heavy atom. The number of hydrogen-bond acceptors (Lipinski definition) is 3. The van der Waals surface area contributed by atoms with Crippen LogP contribution in [-0.4, -0.2) is 24.0 Å². The van der Waals surface area contributed by atoms with Gasteiger partial charge in [0.25, 0.3) is 0 Å². The number of carbonyl (C=O) groups excluding carboxylic acids is 1. The third kappa shape index (κ3) is 1.64. The molecule has 18 heavy (non-hydrogen) atoms. The average molecular weight is 266 g/mol. The molecule has 0 fully saturated rings. The molecule has 0 radical (unpaired) electrons. The fraction of sp³-hybridized carbons (Fsp3) is 0.385. The second-order valence-electron chi connectivity index (χ2n) is 4.75. The maximum absolute atomic E-state index is 12.2. The topological polar surface area (TPSA) is 54.0 Å². The lowest BCUT2D eigenvalue weighted by Crippen LogP contribution is -2.45.